The van der Waals surface area contributed by atoms with Crippen LogP contribution in [0.1, 0.15) is 77.6 Å². The smallest absolute Gasteiger partial charge is 0.210 e. The van der Waals surface area contributed by atoms with Crippen LogP contribution in [0.2, 0.25) is 0 Å². The van der Waals surface area contributed by atoms with E-state index in [0.717, 1.165) is 37.5 Å². The molecule has 1 aromatic carbocycles. The van der Waals surface area contributed by atoms with E-state index in [1.54, 1.807) is 30.3 Å². The van der Waals surface area contributed by atoms with Crippen molar-refractivity contribution in [3.8, 4) is 0 Å². The van der Waals surface area contributed by atoms with Crippen LogP contribution < -0.4 is 0 Å². The average molecular weight is 411 g/mol. The molecular weight excluding hydrogens is 374 g/mol. The highest BCUT2D eigenvalue weighted by molar-refractivity contribution is 7.85. The molecule has 2 aliphatic rings. The molecule has 2 saturated carbocycles. The molecule has 0 bridgehead atoms. The zero-order chi connectivity index (χ0) is 19.9. The monoisotopic (exact) mass is 410 g/mol. The molecule has 1 nitrogen and oxygen atoms in total. The van der Waals surface area contributed by atoms with Gasteiger partial charge in [-0.1, -0.05) is 57.2 Å². The van der Waals surface area contributed by atoms with E-state index >= 15 is 0 Å². The van der Waals surface area contributed by atoms with E-state index in [-0.39, 0.29) is 5.92 Å². The Balaban J connectivity index is 1.44. The van der Waals surface area contributed by atoms with Gasteiger partial charge in [-0.15, -0.1) is 0 Å². The molecule has 0 aliphatic heterocycles. The quantitative estimate of drug-likeness (QED) is 0.442. The van der Waals surface area contributed by atoms with Crippen LogP contribution in [0.5, 0.6) is 0 Å². The maximum Gasteiger partial charge on any atom is 0.210 e. The maximum absolute atomic E-state index is 14.8. The van der Waals surface area contributed by atoms with Gasteiger partial charge in [0, 0.05) is 4.90 Å². The summed E-state index contributed by atoms with van der Waals surface area (Å²) in [6.07, 6.45) is 11.3. The zero-order valence-electron chi connectivity index (χ0n) is 17.2. The summed E-state index contributed by atoms with van der Waals surface area (Å²) in [5.74, 6) is 2.12. The van der Waals surface area contributed by atoms with Gasteiger partial charge in [-0.2, -0.15) is 0 Å². The number of hydrogen-bond donors (Lipinski definition) is 0. The van der Waals surface area contributed by atoms with Crippen LogP contribution in [0.15, 0.2) is 35.2 Å². The lowest BCUT2D eigenvalue weighted by Gasteiger charge is -2.38. The Hall–Kier alpha value is -0.770. The first-order chi connectivity index (χ1) is 13.6. The lowest BCUT2D eigenvalue weighted by atomic mass is 9.68. The van der Waals surface area contributed by atoms with Crippen molar-refractivity contribution in [2.75, 3.05) is 0 Å². The summed E-state index contributed by atoms with van der Waals surface area (Å²) in [6.45, 7) is 2.26. The van der Waals surface area contributed by atoms with Crippen LogP contribution in [0.25, 0.3) is 0 Å². The molecule has 3 atom stereocenters. The predicted octanol–water partition coefficient (Wildman–Crippen LogP) is 7.23. The van der Waals surface area contributed by atoms with Gasteiger partial charge in [0.25, 0.3) is 0 Å². The second-order valence-electron chi connectivity index (χ2n) is 9.00. The third-order valence-corrected chi connectivity index (χ3v) is 8.63. The minimum atomic E-state index is -1.92. The Bertz CT molecular complexity index is 592. The number of benzene rings is 1. The van der Waals surface area contributed by atoms with Gasteiger partial charge in [-0.25, -0.2) is 8.78 Å². The lowest BCUT2D eigenvalue weighted by molar-refractivity contribution is 0.0857. The molecule has 4 heteroatoms. The molecular formula is C24H36F2OS. The normalized spacial score (nSPS) is 31.8. The summed E-state index contributed by atoms with van der Waals surface area (Å²) < 4.78 is 41.7. The van der Waals surface area contributed by atoms with Crippen LogP contribution in [0.4, 0.5) is 8.78 Å². The second-order valence-corrected chi connectivity index (χ2v) is 10.5. The van der Waals surface area contributed by atoms with Crippen molar-refractivity contribution in [3.63, 3.8) is 0 Å². The topological polar surface area (TPSA) is 17.1 Å². The molecule has 0 heterocycles. The van der Waals surface area contributed by atoms with Crippen LogP contribution in [-0.2, 0) is 10.8 Å². The van der Waals surface area contributed by atoms with Crippen molar-refractivity contribution in [3.05, 3.63) is 30.3 Å². The fourth-order valence-electron chi connectivity index (χ4n) is 5.39. The van der Waals surface area contributed by atoms with Crippen LogP contribution in [-0.4, -0.2) is 15.9 Å². The van der Waals surface area contributed by atoms with Gasteiger partial charge in [0.1, 0.15) is 6.17 Å². The van der Waals surface area contributed by atoms with Crippen molar-refractivity contribution < 1.29 is 13.0 Å². The first-order valence-corrected chi connectivity index (χ1v) is 12.5. The number of halogens is 2. The number of hydrogen-bond acceptors (Lipinski definition) is 1. The van der Waals surface area contributed by atoms with Crippen molar-refractivity contribution >= 4 is 10.8 Å². The molecule has 0 spiro atoms. The first-order valence-electron chi connectivity index (χ1n) is 11.3. The van der Waals surface area contributed by atoms with Gasteiger partial charge >= 0.3 is 0 Å². The van der Waals surface area contributed by atoms with Gasteiger partial charge in [0.2, 0.25) is 5.50 Å². The van der Waals surface area contributed by atoms with Gasteiger partial charge in [0.15, 0.2) is 0 Å². The van der Waals surface area contributed by atoms with E-state index in [1.165, 1.54) is 44.9 Å². The highest BCUT2D eigenvalue weighted by atomic mass is 32.2. The van der Waals surface area contributed by atoms with Crippen molar-refractivity contribution in [1.29, 1.82) is 0 Å². The Labute approximate surface area is 172 Å². The summed E-state index contributed by atoms with van der Waals surface area (Å²) in [7, 11) is -1.92. The van der Waals surface area contributed by atoms with E-state index in [0.29, 0.717) is 10.8 Å². The highest BCUT2D eigenvalue weighted by Crippen LogP contribution is 2.44. The number of alkyl halides is 2. The first kappa shape index (κ1) is 21.9. The van der Waals surface area contributed by atoms with Crippen LogP contribution >= 0.6 is 0 Å². The number of unbranched alkanes of at least 4 members (excludes halogenated alkanes) is 1. The third kappa shape index (κ3) is 5.64. The standard InChI is InChI=1S/C24H36F2OS/c1-2-3-7-18-10-12-19(13-11-18)20-14-16-21(17-15-20)23(25)24(26)28(27)22-8-5-4-6-9-22/h4-6,8-9,18-21,23-24H,2-3,7,10-17H2,1H3. The molecule has 2 fully saturated rings. The zero-order valence-corrected chi connectivity index (χ0v) is 18.0. The van der Waals surface area contributed by atoms with Crippen LogP contribution in [0.3, 0.4) is 0 Å². The minimum Gasteiger partial charge on any atom is -0.251 e. The Kier molecular flexibility index (Phi) is 8.50. The summed E-state index contributed by atoms with van der Waals surface area (Å²) >= 11 is 0. The second kappa shape index (κ2) is 10.8. The molecule has 158 valence electrons. The van der Waals surface area contributed by atoms with Gasteiger partial charge in [0.05, 0.1) is 10.8 Å². The van der Waals surface area contributed by atoms with Gasteiger partial charge < -0.3 is 0 Å². The lowest BCUT2D eigenvalue weighted by Crippen LogP contribution is -2.34. The Morgan fingerprint density at radius 1 is 0.929 bits per heavy atom. The van der Waals surface area contributed by atoms with Crippen molar-refractivity contribution in [2.45, 2.75) is 94.1 Å². The Morgan fingerprint density at radius 3 is 2.07 bits per heavy atom. The van der Waals surface area contributed by atoms with E-state index < -0.39 is 22.5 Å². The van der Waals surface area contributed by atoms with Crippen LogP contribution in [0, 0.1) is 23.7 Å². The fraction of sp³-hybridized carbons (Fsp3) is 0.750. The molecule has 0 saturated heterocycles. The van der Waals surface area contributed by atoms with E-state index in [1.807, 2.05) is 0 Å². The molecule has 0 radical (unpaired) electrons. The SMILES string of the molecule is CCCCC1CCC(C2CCC(C(F)C(F)S(=O)c3ccccc3)CC2)CC1. The molecule has 0 N–H and O–H groups in total. The Morgan fingerprint density at radius 2 is 1.50 bits per heavy atom. The summed E-state index contributed by atoms with van der Waals surface area (Å²) in [4.78, 5) is 0.381. The van der Waals surface area contributed by atoms with E-state index in [9.17, 15) is 13.0 Å². The van der Waals surface area contributed by atoms with E-state index in [4.69, 9.17) is 0 Å². The molecule has 28 heavy (non-hydrogen) atoms. The molecule has 0 aromatic heterocycles. The summed E-state index contributed by atoms with van der Waals surface area (Å²) in [5.41, 5.74) is -1.92. The minimum absolute atomic E-state index is 0.278. The molecule has 2 aliphatic carbocycles. The molecule has 3 rings (SSSR count). The third-order valence-electron chi connectivity index (χ3n) is 7.22. The maximum atomic E-state index is 14.8. The van der Waals surface area contributed by atoms with Gasteiger partial charge in [-0.05, 0) is 74.3 Å². The van der Waals surface area contributed by atoms with Gasteiger partial charge in [-0.3, -0.25) is 4.21 Å². The van der Waals surface area contributed by atoms with E-state index in [2.05, 4.69) is 6.92 Å². The molecule has 0 amide bonds. The summed E-state index contributed by atoms with van der Waals surface area (Å²) in [6, 6.07) is 8.45. The highest BCUT2D eigenvalue weighted by Gasteiger charge is 2.38. The predicted molar refractivity (Wildman–Crippen MR) is 113 cm³/mol. The summed E-state index contributed by atoms with van der Waals surface area (Å²) in [5, 5.41) is 0. The largest absolute Gasteiger partial charge is 0.251 e. The van der Waals surface area contributed by atoms with Crippen molar-refractivity contribution in [2.24, 2.45) is 23.7 Å². The van der Waals surface area contributed by atoms with Crippen molar-refractivity contribution in [1.82, 2.24) is 0 Å². The fourth-order valence-corrected chi connectivity index (χ4v) is 6.54. The number of rotatable bonds is 8. The molecule has 1 aromatic rings. The molecule has 3 unspecified atom stereocenters. The average Bonchev–Trinajstić information content (AvgIpc) is 2.77.